The van der Waals surface area contributed by atoms with Gasteiger partial charge in [-0.15, -0.1) is 4.83 Å². The number of carbonyl (C=O) groups is 1. The fourth-order valence-electron chi connectivity index (χ4n) is 1.13. The van der Waals surface area contributed by atoms with Crippen molar-refractivity contribution in [2.45, 2.75) is 25.2 Å². The molecule has 0 unspecified atom stereocenters. The summed E-state index contributed by atoms with van der Waals surface area (Å²) >= 11 is 3.20. The van der Waals surface area contributed by atoms with E-state index in [1.54, 1.807) is 26.0 Å². The van der Waals surface area contributed by atoms with Gasteiger partial charge in [-0.2, -0.15) is 0 Å². The summed E-state index contributed by atoms with van der Waals surface area (Å²) in [4.78, 5) is 13.2. The first-order valence-electron chi connectivity index (χ1n) is 4.93. The van der Waals surface area contributed by atoms with Crippen LogP contribution in [0, 0.1) is 6.92 Å². The molecule has 1 aromatic carbocycles. The minimum atomic E-state index is -3.73. The molecular formula is C10H13BrN2O3S. The third-order valence-corrected chi connectivity index (χ3v) is 3.97. The number of amides is 1. The zero-order valence-corrected chi connectivity index (χ0v) is 11.9. The molecule has 5 nitrogen and oxygen atoms in total. The van der Waals surface area contributed by atoms with Gasteiger partial charge < -0.3 is 0 Å². The molecule has 0 bridgehead atoms. The van der Waals surface area contributed by atoms with Crippen molar-refractivity contribution in [1.29, 1.82) is 0 Å². The van der Waals surface area contributed by atoms with Crippen LogP contribution in [0.25, 0.3) is 0 Å². The number of hydrazine groups is 1. The van der Waals surface area contributed by atoms with Gasteiger partial charge >= 0.3 is 0 Å². The minimum Gasteiger partial charge on any atom is -0.278 e. The van der Waals surface area contributed by atoms with Gasteiger partial charge in [-0.1, -0.05) is 28.9 Å². The van der Waals surface area contributed by atoms with Crippen molar-refractivity contribution < 1.29 is 13.2 Å². The SMILES string of the molecule is CCC(=O)NNS(=O)(=O)c1cc(Br)ccc1C. The molecule has 0 radical (unpaired) electrons. The van der Waals surface area contributed by atoms with E-state index in [1.165, 1.54) is 6.07 Å². The Morgan fingerprint density at radius 3 is 2.65 bits per heavy atom. The molecule has 0 saturated heterocycles. The number of halogens is 1. The maximum atomic E-state index is 11.9. The van der Waals surface area contributed by atoms with Crippen molar-refractivity contribution in [3.63, 3.8) is 0 Å². The van der Waals surface area contributed by atoms with Crippen LogP contribution in [-0.2, 0) is 14.8 Å². The summed E-state index contributed by atoms with van der Waals surface area (Å²) in [6.45, 7) is 3.32. The van der Waals surface area contributed by atoms with Gasteiger partial charge in [0.05, 0.1) is 4.90 Å². The summed E-state index contributed by atoms with van der Waals surface area (Å²) in [6, 6.07) is 4.91. The second-order valence-electron chi connectivity index (χ2n) is 3.42. The van der Waals surface area contributed by atoms with Crippen molar-refractivity contribution in [3.05, 3.63) is 28.2 Å². The number of hydrogen-bond acceptors (Lipinski definition) is 3. The first kappa shape index (κ1) is 14.1. The van der Waals surface area contributed by atoms with Gasteiger partial charge in [0.1, 0.15) is 0 Å². The summed E-state index contributed by atoms with van der Waals surface area (Å²) in [5.74, 6) is -0.388. The van der Waals surface area contributed by atoms with Gasteiger partial charge in [0.15, 0.2) is 0 Å². The number of benzene rings is 1. The van der Waals surface area contributed by atoms with Gasteiger partial charge in [-0.25, -0.2) is 8.42 Å². The molecule has 0 atom stereocenters. The number of aryl methyl sites for hydroxylation is 1. The van der Waals surface area contributed by atoms with Crippen LogP contribution in [0.15, 0.2) is 27.6 Å². The average molecular weight is 321 g/mol. The summed E-state index contributed by atoms with van der Waals surface area (Å²) < 4.78 is 24.4. The summed E-state index contributed by atoms with van der Waals surface area (Å²) in [6.07, 6.45) is 0.208. The second kappa shape index (κ2) is 5.61. The van der Waals surface area contributed by atoms with Gasteiger partial charge in [-0.05, 0) is 24.6 Å². The highest BCUT2D eigenvalue weighted by Crippen LogP contribution is 2.19. The molecule has 0 heterocycles. The fraction of sp³-hybridized carbons (Fsp3) is 0.300. The Balaban J connectivity index is 2.97. The van der Waals surface area contributed by atoms with Crippen LogP contribution >= 0.6 is 15.9 Å². The van der Waals surface area contributed by atoms with Crippen LogP contribution in [0.3, 0.4) is 0 Å². The molecule has 0 saturated carbocycles. The van der Waals surface area contributed by atoms with E-state index >= 15 is 0 Å². The highest BCUT2D eigenvalue weighted by Gasteiger charge is 2.17. The molecule has 94 valence electrons. The van der Waals surface area contributed by atoms with Gasteiger partial charge in [0.25, 0.3) is 10.0 Å². The Hall–Kier alpha value is -0.920. The molecule has 0 spiro atoms. The van der Waals surface area contributed by atoms with Crippen molar-refractivity contribution in [2.24, 2.45) is 0 Å². The monoisotopic (exact) mass is 320 g/mol. The summed E-state index contributed by atoms with van der Waals surface area (Å²) in [5.41, 5.74) is 2.73. The third-order valence-electron chi connectivity index (χ3n) is 2.09. The molecule has 17 heavy (non-hydrogen) atoms. The number of nitrogens with one attached hydrogen (secondary N) is 2. The topological polar surface area (TPSA) is 75.3 Å². The van der Waals surface area contributed by atoms with E-state index in [2.05, 4.69) is 21.4 Å². The van der Waals surface area contributed by atoms with E-state index < -0.39 is 10.0 Å². The summed E-state index contributed by atoms with van der Waals surface area (Å²) in [7, 11) is -3.73. The Kier molecular flexibility index (Phi) is 4.67. The van der Waals surface area contributed by atoms with Gasteiger partial charge in [0, 0.05) is 10.9 Å². The lowest BCUT2D eigenvalue weighted by Crippen LogP contribution is -2.41. The predicted molar refractivity (Wildman–Crippen MR) is 67.6 cm³/mol. The van der Waals surface area contributed by atoms with E-state index in [0.29, 0.717) is 10.0 Å². The average Bonchev–Trinajstić information content (AvgIpc) is 2.29. The highest BCUT2D eigenvalue weighted by molar-refractivity contribution is 9.10. The smallest absolute Gasteiger partial charge is 0.257 e. The Labute approximate surface area is 109 Å². The standard InChI is InChI=1S/C10H13BrN2O3S/c1-3-10(14)12-13-17(15,16)9-6-8(11)5-4-7(9)2/h4-6,13H,3H2,1-2H3,(H,12,14). The molecule has 0 aromatic heterocycles. The van der Waals surface area contributed by atoms with E-state index in [4.69, 9.17) is 0 Å². The van der Waals surface area contributed by atoms with Crippen LogP contribution in [0.5, 0.6) is 0 Å². The van der Waals surface area contributed by atoms with E-state index in [9.17, 15) is 13.2 Å². The Morgan fingerprint density at radius 1 is 1.41 bits per heavy atom. The lowest BCUT2D eigenvalue weighted by molar-refractivity contribution is -0.121. The first-order chi connectivity index (χ1) is 7.86. The zero-order valence-electron chi connectivity index (χ0n) is 9.45. The normalized spacial score (nSPS) is 11.2. The molecule has 0 aliphatic heterocycles. The minimum absolute atomic E-state index is 0.128. The van der Waals surface area contributed by atoms with Crippen LogP contribution in [0.1, 0.15) is 18.9 Å². The Morgan fingerprint density at radius 2 is 2.06 bits per heavy atom. The number of rotatable bonds is 4. The fourth-order valence-corrected chi connectivity index (χ4v) is 2.78. The maximum Gasteiger partial charge on any atom is 0.257 e. The van der Waals surface area contributed by atoms with Crippen molar-refractivity contribution in [1.82, 2.24) is 10.3 Å². The van der Waals surface area contributed by atoms with Crippen molar-refractivity contribution in [3.8, 4) is 0 Å². The molecule has 0 aliphatic carbocycles. The zero-order chi connectivity index (χ0) is 13.1. The molecule has 0 fully saturated rings. The van der Waals surface area contributed by atoms with Gasteiger partial charge in [0.2, 0.25) is 5.91 Å². The highest BCUT2D eigenvalue weighted by atomic mass is 79.9. The van der Waals surface area contributed by atoms with Crippen LogP contribution in [0.2, 0.25) is 0 Å². The largest absolute Gasteiger partial charge is 0.278 e. The molecule has 2 N–H and O–H groups in total. The number of hydrogen-bond donors (Lipinski definition) is 2. The van der Waals surface area contributed by atoms with Crippen LogP contribution in [-0.4, -0.2) is 14.3 Å². The number of carbonyl (C=O) groups excluding carboxylic acids is 1. The second-order valence-corrected chi connectivity index (χ2v) is 5.98. The number of sulfonamides is 1. The summed E-state index contributed by atoms with van der Waals surface area (Å²) in [5, 5.41) is 0. The van der Waals surface area contributed by atoms with E-state index in [1.807, 2.05) is 4.83 Å². The molecular weight excluding hydrogens is 308 g/mol. The lowest BCUT2D eigenvalue weighted by atomic mass is 10.2. The first-order valence-corrected chi connectivity index (χ1v) is 7.21. The predicted octanol–water partition coefficient (Wildman–Crippen LogP) is 1.48. The van der Waals surface area contributed by atoms with Crippen molar-refractivity contribution in [2.75, 3.05) is 0 Å². The molecule has 7 heteroatoms. The van der Waals surface area contributed by atoms with E-state index in [-0.39, 0.29) is 17.2 Å². The molecule has 1 aromatic rings. The molecule has 1 amide bonds. The molecule has 1 rings (SSSR count). The van der Waals surface area contributed by atoms with Gasteiger partial charge in [-0.3, -0.25) is 10.2 Å². The molecule has 0 aliphatic rings. The maximum absolute atomic E-state index is 11.9. The quantitative estimate of drug-likeness (QED) is 0.825. The lowest BCUT2D eigenvalue weighted by Gasteiger charge is -2.10. The van der Waals surface area contributed by atoms with Crippen molar-refractivity contribution >= 4 is 31.9 Å². The van der Waals surface area contributed by atoms with Crippen LogP contribution < -0.4 is 10.3 Å². The van der Waals surface area contributed by atoms with Crippen LogP contribution in [0.4, 0.5) is 0 Å². The Bertz CT molecular complexity index is 528. The van der Waals surface area contributed by atoms with E-state index in [0.717, 1.165) is 0 Å². The third kappa shape index (κ3) is 3.79.